The van der Waals surface area contributed by atoms with Gasteiger partial charge in [0.15, 0.2) is 5.84 Å². The molecule has 1 aromatic carbocycles. The van der Waals surface area contributed by atoms with E-state index in [4.69, 9.17) is 15.4 Å². The van der Waals surface area contributed by atoms with Crippen molar-refractivity contribution in [2.24, 2.45) is 10.9 Å². The van der Waals surface area contributed by atoms with Crippen LogP contribution in [0.25, 0.3) is 0 Å². The summed E-state index contributed by atoms with van der Waals surface area (Å²) in [5, 5.41) is 12.2. The average molecular weight is 249 g/mol. The summed E-state index contributed by atoms with van der Waals surface area (Å²) in [6.45, 7) is 1.90. The van der Waals surface area contributed by atoms with Gasteiger partial charge in [0.25, 0.3) is 5.22 Å². The SMILES string of the molecule is Cc1cc(Sc2ncco2)ccc1/C(N)=N/O. The van der Waals surface area contributed by atoms with E-state index in [0.29, 0.717) is 10.8 Å². The summed E-state index contributed by atoms with van der Waals surface area (Å²) in [5.41, 5.74) is 7.18. The zero-order valence-electron chi connectivity index (χ0n) is 9.12. The molecule has 0 aliphatic rings. The van der Waals surface area contributed by atoms with Gasteiger partial charge in [0.05, 0.1) is 6.20 Å². The molecule has 3 N–H and O–H groups in total. The van der Waals surface area contributed by atoms with Crippen LogP contribution in [0.2, 0.25) is 0 Å². The molecule has 0 saturated carbocycles. The van der Waals surface area contributed by atoms with Crippen LogP contribution >= 0.6 is 11.8 Å². The van der Waals surface area contributed by atoms with Gasteiger partial charge in [-0.2, -0.15) is 0 Å². The second kappa shape index (κ2) is 4.92. The molecule has 0 bridgehead atoms. The van der Waals surface area contributed by atoms with Gasteiger partial charge in [-0.25, -0.2) is 4.98 Å². The molecule has 17 heavy (non-hydrogen) atoms. The number of amidine groups is 1. The van der Waals surface area contributed by atoms with E-state index in [1.54, 1.807) is 12.3 Å². The van der Waals surface area contributed by atoms with E-state index >= 15 is 0 Å². The smallest absolute Gasteiger partial charge is 0.260 e. The standard InChI is InChI=1S/C11H11N3O2S/c1-7-6-8(17-11-13-4-5-16-11)2-3-9(7)10(12)14-15/h2-6,15H,1H3,(H2,12,14). The van der Waals surface area contributed by atoms with Crippen LogP contribution in [0.15, 0.2) is 50.4 Å². The second-order valence-electron chi connectivity index (χ2n) is 3.36. The number of benzene rings is 1. The topological polar surface area (TPSA) is 84.6 Å². The molecular formula is C11H11N3O2S. The fourth-order valence-electron chi connectivity index (χ4n) is 1.40. The van der Waals surface area contributed by atoms with Gasteiger partial charge >= 0.3 is 0 Å². The summed E-state index contributed by atoms with van der Waals surface area (Å²) < 4.78 is 5.14. The summed E-state index contributed by atoms with van der Waals surface area (Å²) in [7, 11) is 0. The van der Waals surface area contributed by atoms with Crippen LogP contribution in [0, 0.1) is 6.92 Å². The zero-order valence-corrected chi connectivity index (χ0v) is 9.94. The largest absolute Gasteiger partial charge is 0.440 e. The van der Waals surface area contributed by atoms with E-state index in [1.165, 1.54) is 18.0 Å². The van der Waals surface area contributed by atoms with Gasteiger partial charge in [0, 0.05) is 10.5 Å². The molecule has 0 fully saturated rings. The third-order valence-electron chi connectivity index (χ3n) is 2.20. The van der Waals surface area contributed by atoms with Gasteiger partial charge in [-0.15, -0.1) is 0 Å². The Balaban J connectivity index is 2.25. The van der Waals surface area contributed by atoms with E-state index in [0.717, 1.165) is 10.5 Å². The van der Waals surface area contributed by atoms with Crippen molar-refractivity contribution >= 4 is 17.6 Å². The summed E-state index contributed by atoms with van der Waals surface area (Å²) in [6.07, 6.45) is 3.12. The molecule has 0 radical (unpaired) electrons. The maximum atomic E-state index is 8.62. The van der Waals surface area contributed by atoms with Crippen LogP contribution in [0.3, 0.4) is 0 Å². The highest BCUT2D eigenvalue weighted by Crippen LogP contribution is 2.27. The number of nitrogens with zero attached hydrogens (tertiary/aromatic N) is 2. The van der Waals surface area contributed by atoms with Crippen molar-refractivity contribution in [3.63, 3.8) is 0 Å². The average Bonchev–Trinajstić information content (AvgIpc) is 2.81. The second-order valence-corrected chi connectivity index (χ2v) is 4.39. The Morgan fingerprint density at radius 3 is 2.94 bits per heavy atom. The normalized spacial score (nSPS) is 11.7. The monoisotopic (exact) mass is 249 g/mol. The number of aromatic nitrogens is 1. The fraction of sp³-hybridized carbons (Fsp3) is 0.0909. The fourth-order valence-corrected chi connectivity index (χ4v) is 2.19. The van der Waals surface area contributed by atoms with Crippen molar-refractivity contribution in [1.82, 2.24) is 4.98 Å². The Kier molecular flexibility index (Phi) is 3.34. The lowest BCUT2D eigenvalue weighted by Crippen LogP contribution is -2.14. The van der Waals surface area contributed by atoms with Gasteiger partial charge in [-0.1, -0.05) is 5.16 Å². The number of hydrogen-bond donors (Lipinski definition) is 2. The number of nitrogens with two attached hydrogens (primary N) is 1. The van der Waals surface area contributed by atoms with Gasteiger partial charge < -0.3 is 15.4 Å². The number of rotatable bonds is 3. The molecule has 0 aliphatic heterocycles. The van der Waals surface area contributed by atoms with Gasteiger partial charge in [0.2, 0.25) is 0 Å². The number of oxazole rings is 1. The van der Waals surface area contributed by atoms with Crippen molar-refractivity contribution < 1.29 is 9.62 Å². The summed E-state index contributed by atoms with van der Waals surface area (Å²) >= 11 is 1.42. The van der Waals surface area contributed by atoms with Gasteiger partial charge in [-0.3, -0.25) is 0 Å². The van der Waals surface area contributed by atoms with E-state index in [1.807, 2.05) is 19.1 Å². The van der Waals surface area contributed by atoms with Gasteiger partial charge in [-0.05, 0) is 42.4 Å². The molecule has 0 saturated heterocycles. The molecule has 0 aliphatic carbocycles. The van der Waals surface area contributed by atoms with Crippen molar-refractivity contribution in [3.8, 4) is 0 Å². The Bertz CT molecular complexity index is 538. The number of aryl methyl sites for hydroxylation is 1. The highest BCUT2D eigenvalue weighted by atomic mass is 32.2. The van der Waals surface area contributed by atoms with E-state index < -0.39 is 0 Å². The Morgan fingerprint density at radius 1 is 1.53 bits per heavy atom. The molecule has 6 heteroatoms. The lowest BCUT2D eigenvalue weighted by molar-refractivity contribution is 0.318. The Hall–Kier alpha value is -1.95. The third-order valence-corrected chi connectivity index (χ3v) is 3.06. The highest BCUT2D eigenvalue weighted by molar-refractivity contribution is 7.99. The first-order valence-corrected chi connectivity index (χ1v) is 5.68. The van der Waals surface area contributed by atoms with Crippen molar-refractivity contribution in [3.05, 3.63) is 41.8 Å². The number of hydrogen-bond acceptors (Lipinski definition) is 5. The molecule has 0 amide bonds. The van der Waals surface area contributed by atoms with Crippen molar-refractivity contribution in [2.75, 3.05) is 0 Å². The lowest BCUT2D eigenvalue weighted by Gasteiger charge is -2.05. The molecule has 5 nitrogen and oxygen atoms in total. The molecular weight excluding hydrogens is 238 g/mol. The predicted molar refractivity (Wildman–Crippen MR) is 64.3 cm³/mol. The summed E-state index contributed by atoms with van der Waals surface area (Å²) in [4.78, 5) is 5.01. The van der Waals surface area contributed by atoms with Crippen molar-refractivity contribution in [1.29, 1.82) is 0 Å². The van der Waals surface area contributed by atoms with E-state index in [9.17, 15) is 0 Å². The lowest BCUT2D eigenvalue weighted by atomic mass is 10.1. The van der Waals surface area contributed by atoms with E-state index in [-0.39, 0.29) is 5.84 Å². The minimum atomic E-state index is 0.107. The molecule has 2 aromatic rings. The van der Waals surface area contributed by atoms with Crippen LogP contribution < -0.4 is 5.73 Å². The third kappa shape index (κ3) is 2.59. The molecule has 0 atom stereocenters. The minimum absolute atomic E-state index is 0.107. The molecule has 1 heterocycles. The Morgan fingerprint density at radius 2 is 2.35 bits per heavy atom. The molecule has 0 spiro atoms. The van der Waals surface area contributed by atoms with Crippen LogP contribution in [-0.4, -0.2) is 16.0 Å². The number of oxime groups is 1. The van der Waals surface area contributed by atoms with Crippen LogP contribution in [0.5, 0.6) is 0 Å². The molecule has 0 unspecified atom stereocenters. The first kappa shape index (κ1) is 11.5. The maximum Gasteiger partial charge on any atom is 0.260 e. The van der Waals surface area contributed by atoms with Crippen LogP contribution in [0.1, 0.15) is 11.1 Å². The summed E-state index contributed by atoms with van der Waals surface area (Å²) in [5.74, 6) is 0.107. The minimum Gasteiger partial charge on any atom is -0.440 e. The first-order chi connectivity index (χ1) is 8.20. The highest BCUT2D eigenvalue weighted by Gasteiger charge is 2.07. The molecule has 88 valence electrons. The van der Waals surface area contributed by atoms with Gasteiger partial charge in [0.1, 0.15) is 6.26 Å². The van der Waals surface area contributed by atoms with Crippen LogP contribution in [-0.2, 0) is 0 Å². The maximum absolute atomic E-state index is 8.62. The van der Waals surface area contributed by atoms with Crippen LogP contribution in [0.4, 0.5) is 0 Å². The predicted octanol–water partition coefficient (Wildman–Crippen LogP) is 2.23. The quantitative estimate of drug-likeness (QED) is 0.377. The molecule has 2 rings (SSSR count). The zero-order chi connectivity index (χ0) is 12.3. The summed E-state index contributed by atoms with van der Waals surface area (Å²) in [6, 6.07) is 5.60. The molecule has 1 aromatic heterocycles. The first-order valence-electron chi connectivity index (χ1n) is 4.86. The van der Waals surface area contributed by atoms with Crippen molar-refractivity contribution in [2.45, 2.75) is 17.0 Å². The Labute approximate surface area is 102 Å². The van der Waals surface area contributed by atoms with E-state index in [2.05, 4.69) is 10.1 Å².